The number of amides is 1. The van der Waals surface area contributed by atoms with E-state index in [2.05, 4.69) is 10.6 Å². The predicted octanol–water partition coefficient (Wildman–Crippen LogP) is 1.22. The fraction of sp³-hybridized carbons (Fsp3) is 0.533. The third-order valence-electron chi connectivity index (χ3n) is 3.70. The lowest BCUT2D eigenvalue weighted by atomic mass is 10.0. The maximum atomic E-state index is 12.0. The molecular formula is C15H20N2O3. The molecule has 1 saturated heterocycles. The first-order valence-corrected chi connectivity index (χ1v) is 7.22. The number of hydrogen-bond acceptors (Lipinski definition) is 4. The summed E-state index contributed by atoms with van der Waals surface area (Å²) < 4.78 is 11.0. The van der Waals surface area contributed by atoms with Gasteiger partial charge in [0.25, 0.3) is 0 Å². The molecule has 0 unspecified atom stereocenters. The number of rotatable bonds is 3. The molecule has 1 amide bonds. The molecule has 0 radical (unpaired) electrons. The standard InChI is InChI=1S/C15H20N2O3/c18-15(12-3-1-2-6-16-12)17-10-11-4-5-13-14(9-11)20-8-7-19-13/h4-5,9,12,16H,1-3,6-8,10H2,(H,17,18)/t12-/m0/s1. The molecule has 2 heterocycles. The molecule has 2 N–H and O–H groups in total. The van der Waals surface area contributed by atoms with Gasteiger partial charge in [0, 0.05) is 6.54 Å². The van der Waals surface area contributed by atoms with E-state index in [1.165, 1.54) is 0 Å². The first-order chi connectivity index (χ1) is 9.83. The molecule has 3 rings (SSSR count). The molecule has 0 aromatic heterocycles. The minimum absolute atomic E-state index is 0.0408. The number of hydrogen-bond donors (Lipinski definition) is 2. The van der Waals surface area contributed by atoms with E-state index in [4.69, 9.17) is 9.47 Å². The van der Waals surface area contributed by atoms with Crippen LogP contribution < -0.4 is 20.1 Å². The first-order valence-electron chi connectivity index (χ1n) is 7.22. The van der Waals surface area contributed by atoms with Crippen LogP contribution in [0.2, 0.25) is 0 Å². The quantitative estimate of drug-likeness (QED) is 0.871. The van der Waals surface area contributed by atoms with Gasteiger partial charge in [-0.25, -0.2) is 0 Å². The summed E-state index contributed by atoms with van der Waals surface area (Å²) in [6.45, 7) is 2.63. The van der Waals surface area contributed by atoms with E-state index in [9.17, 15) is 4.79 Å². The number of carbonyl (C=O) groups is 1. The number of ether oxygens (including phenoxy) is 2. The lowest BCUT2D eigenvalue weighted by Gasteiger charge is -2.23. The number of fused-ring (bicyclic) bond motifs is 1. The highest BCUT2D eigenvalue weighted by molar-refractivity contribution is 5.81. The van der Waals surface area contributed by atoms with Crippen molar-refractivity contribution in [3.05, 3.63) is 23.8 Å². The summed E-state index contributed by atoms with van der Waals surface area (Å²) in [5.41, 5.74) is 1.03. The second-order valence-corrected chi connectivity index (χ2v) is 5.20. The van der Waals surface area contributed by atoms with Crippen LogP contribution in [0.5, 0.6) is 11.5 Å². The summed E-state index contributed by atoms with van der Waals surface area (Å²) in [7, 11) is 0. The van der Waals surface area contributed by atoms with Crippen LogP contribution in [0.3, 0.4) is 0 Å². The molecule has 1 aromatic carbocycles. The van der Waals surface area contributed by atoms with Gasteiger partial charge in [0.2, 0.25) is 5.91 Å². The third kappa shape index (κ3) is 3.04. The van der Waals surface area contributed by atoms with E-state index in [1.54, 1.807) is 0 Å². The van der Waals surface area contributed by atoms with Crippen molar-refractivity contribution in [3.63, 3.8) is 0 Å². The van der Waals surface area contributed by atoms with Crippen molar-refractivity contribution in [3.8, 4) is 11.5 Å². The van der Waals surface area contributed by atoms with Gasteiger partial charge in [-0.2, -0.15) is 0 Å². The zero-order valence-corrected chi connectivity index (χ0v) is 11.5. The highest BCUT2D eigenvalue weighted by atomic mass is 16.6. The summed E-state index contributed by atoms with van der Waals surface area (Å²) >= 11 is 0. The van der Waals surface area contributed by atoms with Gasteiger partial charge in [0.05, 0.1) is 6.04 Å². The molecular weight excluding hydrogens is 256 g/mol. The second kappa shape index (κ2) is 6.13. The Morgan fingerprint density at radius 2 is 2.10 bits per heavy atom. The van der Waals surface area contributed by atoms with Gasteiger partial charge in [0.15, 0.2) is 11.5 Å². The van der Waals surface area contributed by atoms with Crippen LogP contribution in [0.15, 0.2) is 18.2 Å². The van der Waals surface area contributed by atoms with E-state index in [1.807, 2.05) is 18.2 Å². The summed E-state index contributed by atoms with van der Waals surface area (Å²) in [4.78, 5) is 12.0. The van der Waals surface area contributed by atoms with Gasteiger partial charge in [0.1, 0.15) is 13.2 Å². The molecule has 20 heavy (non-hydrogen) atoms. The van der Waals surface area contributed by atoms with Crippen LogP contribution in [0.4, 0.5) is 0 Å². The minimum Gasteiger partial charge on any atom is -0.486 e. The zero-order chi connectivity index (χ0) is 13.8. The summed E-state index contributed by atoms with van der Waals surface area (Å²) in [6, 6.07) is 5.75. The Kier molecular flexibility index (Phi) is 4.06. The molecule has 0 aliphatic carbocycles. The first kappa shape index (κ1) is 13.2. The molecule has 0 spiro atoms. The molecule has 2 aliphatic heterocycles. The zero-order valence-electron chi connectivity index (χ0n) is 11.5. The molecule has 2 aliphatic rings. The largest absolute Gasteiger partial charge is 0.486 e. The van der Waals surface area contributed by atoms with Crippen molar-refractivity contribution >= 4 is 5.91 Å². The Labute approximate surface area is 118 Å². The van der Waals surface area contributed by atoms with Crippen molar-refractivity contribution in [2.24, 2.45) is 0 Å². The molecule has 5 heteroatoms. The molecule has 1 fully saturated rings. The van der Waals surface area contributed by atoms with Gasteiger partial charge in [-0.3, -0.25) is 4.79 Å². The Balaban J connectivity index is 1.56. The topological polar surface area (TPSA) is 59.6 Å². The monoisotopic (exact) mass is 276 g/mol. The Hall–Kier alpha value is -1.75. The highest BCUT2D eigenvalue weighted by Gasteiger charge is 2.20. The average Bonchev–Trinajstić information content (AvgIpc) is 2.53. The summed E-state index contributed by atoms with van der Waals surface area (Å²) in [5, 5.41) is 6.23. The van der Waals surface area contributed by atoms with E-state index >= 15 is 0 Å². The Bertz CT molecular complexity index is 484. The summed E-state index contributed by atoms with van der Waals surface area (Å²) in [5.74, 6) is 1.62. The highest BCUT2D eigenvalue weighted by Crippen LogP contribution is 2.30. The van der Waals surface area contributed by atoms with Gasteiger partial charge < -0.3 is 20.1 Å². The molecule has 1 aromatic rings. The number of nitrogens with one attached hydrogen (secondary N) is 2. The molecule has 108 valence electrons. The average molecular weight is 276 g/mol. The lowest BCUT2D eigenvalue weighted by molar-refractivity contribution is -0.123. The molecule has 5 nitrogen and oxygen atoms in total. The lowest BCUT2D eigenvalue weighted by Crippen LogP contribution is -2.46. The van der Waals surface area contributed by atoms with Gasteiger partial charge >= 0.3 is 0 Å². The maximum absolute atomic E-state index is 12.0. The Morgan fingerprint density at radius 1 is 1.25 bits per heavy atom. The van der Waals surface area contributed by atoms with Crippen LogP contribution >= 0.6 is 0 Å². The van der Waals surface area contributed by atoms with Crippen LogP contribution in [0, 0.1) is 0 Å². The fourth-order valence-electron chi connectivity index (χ4n) is 2.59. The van der Waals surface area contributed by atoms with Crippen LogP contribution in [0.25, 0.3) is 0 Å². The van der Waals surface area contributed by atoms with Gasteiger partial charge in [-0.1, -0.05) is 12.5 Å². The third-order valence-corrected chi connectivity index (χ3v) is 3.70. The molecule has 1 atom stereocenters. The van der Waals surface area contributed by atoms with Gasteiger partial charge in [-0.05, 0) is 37.1 Å². The second-order valence-electron chi connectivity index (χ2n) is 5.20. The number of carbonyl (C=O) groups excluding carboxylic acids is 1. The van der Waals surface area contributed by atoms with Crippen molar-refractivity contribution in [2.75, 3.05) is 19.8 Å². The minimum atomic E-state index is -0.0408. The van der Waals surface area contributed by atoms with Crippen molar-refractivity contribution in [1.82, 2.24) is 10.6 Å². The number of piperidine rings is 1. The van der Waals surface area contributed by atoms with Crippen molar-refractivity contribution in [2.45, 2.75) is 31.8 Å². The van der Waals surface area contributed by atoms with E-state index in [0.29, 0.717) is 19.8 Å². The van der Waals surface area contributed by atoms with Crippen LogP contribution in [-0.2, 0) is 11.3 Å². The smallest absolute Gasteiger partial charge is 0.237 e. The molecule has 0 saturated carbocycles. The van der Waals surface area contributed by atoms with E-state index in [-0.39, 0.29) is 11.9 Å². The van der Waals surface area contributed by atoms with Crippen LogP contribution in [-0.4, -0.2) is 31.7 Å². The van der Waals surface area contributed by atoms with Crippen molar-refractivity contribution in [1.29, 1.82) is 0 Å². The van der Waals surface area contributed by atoms with E-state index < -0.39 is 0 Å². The normalized spacial score (nSPS) is 21.3. The predicted molar refractivity (Wildman–Crippen MR) is 74.9 cm³/mol. The SMILES string of the molecule is O=C(NCc1ccc2c(c1)OCCO2)[C@@H]1CCCCN1. The summed E-state index contributed by atoms with van der Waals surface area (Å²) in [6.07, 6.45) is 3.20. The van der Waals surface area contributed by atoms with Crippen molar-refractivity contribution < 1.29 is 14.3 Å². The van der Waals surface area contributed by atoms with Crippen LogP contribution in [0.1, 0.15) is 24.8 Å². The fourth-order valence-corrected chi connectivity index (χ4v) is 2.59. The molecule has 0 bridgehead atoms. The van der Waals surface area contributed by atoms with Gasteiger partial charge in [-0.15, -0.1) is 0 Å². The maximum Gasteiger partial charge on any atom is 0.237 e. The van der Waals surface area contributed by atoms with E-state index in [0.717, 1.165) is 42.9 Å². The number of benzene rings is 1. The Morgan fingerprint density at radius 3 is 2.90 bits per heavy atom.